The molecule has 8 rings (SSSR count). The Balaban J connectivity index is 1.42. The first-order valence-corrected chi connectivity index (χ1v) is 16.5. The average molecular weight is 675 g/mol. The molecule has 4 aromatic carbocycles. The summed E-state index contributed by atoms with van der Waals surface area (Å²) in [5.41, 5.74) is 0.239. The topological polar surface area (TPSA) is 116 Å². The van der Waals surface area contributed by atoms with E-state index in [0.29, 0.717) is 27.5 Å². The number of aromatic nitrogens is 3. The lowest BCUT2D eigenvalue weighted by atomic mass is 9.53. The van der Waals surface area contributed by atoms with Gasteiger partial charge in [0.2, 0.25) is 11.8 Å². The smallest absolute Gasteiger partial charge is 0.352 e. The van der Waals surface area contributed by atoms with E-state index in [1.165, 1.54) is 20.3 Å². The minimum Gasteiger partial charge on any atom is -0.504 e. The van der Waals surface area contributed by atoms with Crippen molar-refractivity contribution in [2.75, 3.05) is 11.5 Å². The highest BCUT2D eigenvalue weighted by molar-refractivity contribution is 6.32. The summed E-state index contributed by atoms with van der Waals surface area (Å²) >= 11 is 6.38. The van der Waals surface area contributed by atoms with Crippen molar-refractivity contribution in [3.05, 3.63) is 152 Å². The van der Waals surface area contributed by atoms with Gasteiger partial charge in [-0.05, 0) is 72.5 Å². The molecule has 2 aliphatic heterocycles. The number of carbonyl (C=O) groups excluding carboxylic acids is 2. The van der Waals surface area contributed by atoms with E-state index >= 15 is 4.79 Å². The number of ether oxygens (including phenoxy) is 1. The molecule has 1 N–H and O–H groups in total. The number of nitrogens with zero attached hydrogens (tertiary/aromatic N) is 4. The van der Waals surface area contributed by atoms with Gasteiger partial charge in [-0.1, -0.05) is 78.3 Å². The molecule has 3 aliphatic rings. The van der Waals surface area contributed by atoms with Crippen LogP contribution in [0.5, 0.6) is 11.5 Å². The predicted octanol–water partition coefficient (Wildman–Crippen LogP) is 5.35. The van der Waals surface area contributed by atoms with Crippen LogP contribution in [0.4, 0.5) is 5.69 Å². The maximum absolute atomic E-state index is 15.3. The van der Waals surface area contributed by atoms with Crippen molar-refractivity contribution in [1.29, 1.82) is 0 Å². The largest absolute Gasteiger partial charge is 0.504 e. The Morgan fingerprint density at radius 1 is 0.857 bits per heavy atom. The van der Waals surface area contributed by atoms with Crippen LogP contribution in [-0.4, -0.2) is 37.5 Å². The molecule has 5 aromatic rings. The van der Waals surface area contributed by atoms with Crippen molar-refractivity contribution in [2.24, 2.45) is 5.92 Å². The fraction of sp³-hybridized carbons (Fsp3) is 0.211. The molecular weight excluding hydrogens is 644 g/mol. The van der Waals surface area contributed by atoms with Crippen LogP contribution in [0.1, 0.15) is 36.4 Å². The summed E-state index contributed by atoms with van der Waals surface area (Å²) in [7, 11) is 0. The maximum atomic E-state index is 15.3. The van der Waals surface area contributed by atoms with E-state index in [4.69, 9.17) is 16.3 Å². The van der Waals surface area contributed by atoms with Crippen LogP contribution >= 0.6 is 11.6 Å². The van der Waals surface area contributed by atoms with Gasteiger partial charge < -0.3 is 9.84 Å². The van der Waals surface area contributed by atoms with E-state index in [9.17, 15) is 19.5 Å². The summed E-state index contributed by atoms with van der Waals surface area (Å²) in [6, 6.07) is 28.8. The monoisotopic (exact) mass is 674 g/mol. The van der Waals surface area contributed by atoms with Crippen LogP contribution in [0.25, 0.3) is 5.69 Å². The molecule has 2 amide bonds. The molecule has 0 unspecified atom stereocenters. The summed E-state index contributed by atoms with van der Waals surface area (Å²) in [6.45, 7) is 2.16. The van der Waals surface area contributed by atoms with Crippen molar-refractivity contribution < 1.29 is 19.4 Å². The molecule has 0 radical (unpaired) electrons. The highest BCUT2D eigenvalue weighted by Gasteiger charge is 2.68. The molecule has 10 nitrogen and oxygen atoms in total. The number of fused-ring (bicyclic) bond motifs is 4. The van der Waals surface area contributed by atoms with Gasteiger partial charge in [-0.15, -0.1) is 0 Å². The lowest BCUT2D eigenvalue weighted by Gasteiger charge is -2.49. The molecule has 1 aromatic heterocycles. The molecule has 3 heterocycles. The van der Waals surface area contributed by atoms with E-state index in [0.717, 1.165) is 10.1 Å². The van der Waals surface area contributed by atoms with Gasteiger partial charge in [0.1, 0.15) is 0 Å². The summed E-state index contributed by atoms with van der Waals surface area (Å²) in [5.74, 6) is -2.45. The Kier molecular flexibility index (Phi) is 7.22. The third kappa shape index (κ3) is 4.40. The van der Waals surface area contributed by atoms with Crippen molar-refractivity contribution >= 4 is 29.1 Å². The van der Waals surface area contributed by atoms with Crippen LogP contribution in [0.2, 0.25) is 5.02 Å². The standard InChI is InChI=1S/C38H31ClN4O6/c1-2-49-32-20-23(16-17-31(32)44)33-28-18-19-40-36(47)42(26-13-7-4-8-14-26)37(48)43(40)30(28)22-29-34(45)41(27-15-9-12-25(39)21-27)35(46)38(29,33)24-10-5-3-6-11-24/h3-18,20-21,29-30,33,44H,2,19,22H2,1H3/t29-,30+,33-,38+/m0/s1. The molecule has 1 aliphatic carbocycles. The Morgan fingerprint density at radius 2 is 1.57 bits per heavy atom. The third-order valence-electron chi connectivity index (χ3n) is 10.1. The molecule has 4 atom stereocenters. The van der Waals surface area contributed by atoms with E-state index in [-0.39, 0.29) is 31.1 Å². The average Bonchev–Trinajstić information content (AvgIpc) is 3.50. The van der Waals surface area contributed by atoms with Gasteiger partial charge in [0, 0.05) is 10.9 Å². The number of imide groups is 1. The van der Waals surface area contributed by atoms with Crippen LogP contribution in [0, 0.1) is 5.92 Å². The number of para-hydroxylation sites is 1. The van der Waals surface area contributed by atoms with Crippen LogP contribution in [0.3, 0.4) is 0 Å². The first-order chi connectivity index (χ1) is 23.8. The molecule has 49 heavy (non-hydrogen) atoms. The number of amides is 2. The zero-order valence-electron chi connectivity index (χ0n) is 26.4. The number of aromatic hydroxyl groups is 1. The number of carbonyl (C=O) groups is 2. The summed E-state index contributed by atoms with van der Waals surface area (Å²) in [6.07, 6.45) is 1.98. The van der Waals surface area contributed by atoms with Crippen molar-refractivity contribution in [3.63, 3.8) is 0 Å². The molecule has 1 saturated carbocycles. The van der Waals surface area contributed by atoms with Gasteiger partial charge in [0.05, 0.1) is 41.9 Å². The molecule has 2 fully saturated rings. The van der Waals surface area contributed by atoms with E-state index in [1.54, 1.807) is 73.7 Å². The highest BCUT2D eigenvalue weighted by Crippen LogP contribution is 2.62. The molecule has 0 spiro atoms. The Hall–Kier alpha value is -5.61. The van der Waals surface area contributed by atoms with Crippen LogP contribution < -0.4 is 21.0 Å². The summed E-state index contributed by atoms with van der Waals surface area (Å²) < 4.78 is 9.77. The number of anilines is 1. The van der Waals surface area contributed by atoms with Crippen LogP contribution in [-0.2, 0) is 21.5 Å². The first kappa shape index (κ1) is 30.7. The van der Waals surface area contributed by atoms with Gasteiger partial charge in [0.25, 0.3) is 0 Å². The van der Waals surface area contributed by atoms with E-state index in [1.807, 2.05) is 36.4 Å². The number of phenols is 1. The number of rotatable bonds is 6. The fourth-order valence-electron chi connectivity index (χ4n) is 8.16. The molecule has 0 bridgehead atoms. The number of allylic oxidation sites excluding steroid dienone is 2. The fourth-order valence-corrected chi connectivity index (χ4v) is 8.34. The number of hydrogen-bond donors (Lipinski definition) is 1. The second-order valence-electron chi connectivity index (χ2n) is 12.5. The molecule has 1 saturated heterocycles. The normalized spacial score (nSPS) is 22.7. The quantitative estimate of drug-likeness (QED) is 0.192. The number of benzene rings is 4. The van der Waals surface area contributed by atoms with E-state index in [2.05, 4.69) is 0 Å². The predicted molar refractivity (Wildman–Crippen MR) is 184 cm³/mol. The Bertz CT molecular complexity index is 2290. The zero-order chi connectivity index (χ0) is 34.0. The summed E-state index contributed by atoms with van der Waals surface area (Å²) in [4.78, 5) is 59.4. The lowest BCUT2D eigenvalue weighted by molar-refractivity contribution is -0.124. The van der Waals surface area contributed by atoms with Crippen LogP contribution in [0.15, 0.2) is 124 Å². The SMILES string of the molecule is CCOc1cc([C@H]2C3=CCn4c(=O)n(-c5ccccc5)c(=O)n4[C@@H]3C[C@H]3C(=O)N(c4cccc(Cl)c4)C(=O)[C@@]23c2ccccc2)ccc1O. The second-order valence-corrected chi connectivity index (χ2v) is 12.9. The Labute approximate surface area is 285 Å². The first-order valence-electron chi connectivity index (χ1n) is 16.1. The molecule has 11 heteroatoms. The second kappa shape index (κ2) is 11.5. The number of hydrogen-bond acceptors (Lipinski definition) is 6. The minimum absolute atomic E-state index is 0.0692. The van der Waals surface area contributed by atoms with Crippen molar-refractivity contribution in [1.82, 2.24) is 13.9 Å². The lowest BCUT2D eigenvalue weighted by Crippen LogP contribution is -2.53. The minimum atomic E-state index is -1.46. The van der Waals surface area contributed by atoms with Crippen molar-refractivity contribution in [2.45, 2.75) is 37.3 Å². The van der Waals surface area contributed by atoms with E-state index < -0.39 is 46.5 Å². The molecular formula is C38H31ClN4O6. The summed E-state index contributed by atoms with van der Waals surface area (Å²) in [5, 5.41) is 11.1. The van der Waals surface area contributed by atoms with Gasteiger partial charge in [-0.3, -0.25) is 9.59 Å². The highest BCUT2D eigenvalue weighted by atomic mass is 35.5. The van der Waals surface area contributed by atoms with Gasteiger partial charge in [-0.25, -0.2) is 28.4 Å². The zero-order valence-corrected chi connectivity index (χ0v) is 27.2. The van der Waals surface area contributed by atoms with Gasteiger partial charge >= 0.3 is 11.4 Å². The molecule has 246 valence electrons. The van der Waals surface area contributed by atoms with Gasteiger partial charge in [0.15, 0.2) is 11.5 Å². The number of halogens is 1. The Morgan fingerprint density at radius 3 is 2.29 bits per heavy atom. The third-order valence-corrected chi connectivity index (χ3v) is 10.3. The number of phenolic OH excluding ortho intramolecular Hbond substituents is 1. The maximum Gasteiger partial charge on any atom is 0.352 e. The van der Waals surface area contributed by atoms with Gasteiger partial charge in [-0.2, -0.15) is 0 Å². The van der Waals surface area contributed by atoms with Crippen molar-refractivity contribution in [3.8, 4) is 17.2 Å².